The monoisotopic (exact) mass is 244 g/mol. The number of hydrogen-bond acceptors (Lipinski definition) is 3. The van der Waals surface area contributed by atoms with Crippen molar-refractivity contribution in [1.82, 2.24) is 4.90 Å². The van der Waals surface area contributed by atoms with E-state index in [0.717, 1.165) is 19.6 Å². The van der Waals surface area contributed by atoms with Gasteiger partial charge in [-0.1, -0.05) is 19.8 Å². The van der Waals surface area contributed by atoms with Crippen molar-refractivity contribution in [2.24, 2.45) is 5.73 Å². The van der Waals surface area contributed by atoms with Crippen LogP contribution in [0.3, 0.4) is 0 Å². The fourth-order valence-electron chi connectivity index (χ4n) is 2.37. The number of nitrogens with two attached hydrogens (primary N) is 1. The van der Waals surface area contributed by atoms with Gasteiger partial charge >= 0.3 is 0 Å². The summed E-state index contributed by atoms with van der Waals surface area (Å²) in [6.45, 7) is 11.6. The van der Waals surface area contributed by atoms with Crippen LogP contribution in [0.25, 0.3) is 0 Å². The first-order chi connectivity index (χ1) is 8.01. The van der Waals surface area contributed by atoms with Crippen LogP contribution in [0, 0.1) is 0 Å². The minimum atomic E-state index is 0.0674. The second-order valence-electron chi connectivity index (χ2n) is 5.44. The van der Waals surface area contributed by atoms with Gasteiger partial charge in [-0.15, -0.1) is 0 Å². The maximum Gasteiger partial charge on any atom is 0.0480 e. The van der Waals surface area contributed by atoms with E-state index in [1.54, 1.807) is 7.11 Å². The fraction of sp³-hybridized carbons (Fsp3) is 1.00. The number of nitrogens with zero attached hydrogens (tertiary/aromatic N) is 1. The van der Waals surface area contributed by atoms with Crippen molar-refractivity contribution < 1.29 is 4.74 Å². The van der Waals surface area contributed by atoms with E-state index < -0.39 is 0 Å². The first kappa shape index (κ1) is 16.9. The van der Waals surface area contributed by atoms with Gasteiger partial charge in [-0.3, -0.25) is 4.90 Å². The molecule has 0 bridgehead atoms. The normalized spacial score (nSPS) is 15.5. The molecule has 0 saturated carbocycles. The summed E-state index contributed by atoms with van der Waals surface area (Å²) in [6.07, 6.45) is 4.83. The molecule has 0 amide bonds. The molecule has 0 spiro atoms. The first-order valence-electron chi connectivity index (χ1n) is 6.97. The SMILES string of the molecule is CCCCCN(C(C)C)C(C)(CN)CCOC. The Balaban J connectivity index is 4.49. The lowest BCUT2D eigenvalue weighted by molar-refractivity contribution is 0.0429. The topological polar surface area (TPSA) is 38.5 Å². The summed E-state index contributed by atoms with van der Waals surface area (Å²) in [5.74, 6) is 0. The van der Waals surface area contributed by atoms with Gasteiger partial charge in [0, 0.05) is 31.8 Å². The quantitative estimate of drug-likeness (QED) is 0.600. The molecule has 0 aliphatic carbocycles. The number of hydrogen-bond donors (Lipinski definition) is 1. The molecule has 1 unspecified atom stereocenters. The largest absolute Gasteiger partial charge is 0.385 e. The highest BCUT2D eigenvalue weighted by molar-refractivity contribution is 4.89. The molecule has 0 radical (unpaired) electrons. The van der Waals surface area contributed by atoms with E-state index >= 15 is 0 Å². The fourth-order valence-corrected chi connectivity index (χ4v) is 2.37. The third-order valence-electron chi connectivity index (χ3n) is 3.60. The van der Waals surface area contributed by atoms with Crippen molar-refractivity contribution in [3.8, 4) is 0 Å². The Morgan fingerprint density at radius 1 is 1.29 bits per heavy atom. The Morgan fingerprint density at radius 3 is 2.35 bits per heavy atom. The van der Waals surface area contributed by atoms with Gasteiger partial charge in [0.05, 0.1) is 0 Å². The number of unbranched alkanes of at least 4 members (excludes halogenated alkanes) is 2. The second kappa shape index (κ2) is 8.90. The lowest BCUT2D eigenvalue weighted by atomic mass is 9.93. The molecule has 0 aromatic heterocycles. The van der Waals surface area contributed by atoms with Crippen LogP contribution in [-0.2, 0) is 4.74 Å². The summed E-state index contributed by atoms with van der Waals surface area (Å²) >= 11 is 0. The van der Waals surface area contributed by atoms with E-state index in [0.29, 0.717) is 12.6 Å². The van der Waals surface area contributed by atoms with Gasteiger partial charge in [0.25, 0.3) is 0 Å². The average Bonchev–Trinajstić information content (AvgIpc) is 2.31. The van der Waals surface area contributed by atoms with Gasteiger partial charge in [0.1, 0.15) is 0 Å². The van der Waals surface area contributed by atoms with Crippen molar-refractivity contribution in [2.45, 2.75) is 65.0 Å². The molecule has 3 nitrogen and oxygen atoms in total. The predicted octanol–water partition coefficient (Wildman–Crippen LogP) is 2.64. The minimum absolute atomic E-state index is 0.0674. The predicted molar refractivity (Wildman–Crippen MR) is 75.3 cm³/mol. The Morgan fingerprint density at radius 2 is 1.94 bits per heavy atom. The van der Waals surface area contributed by atoms with Gasteiger partial charge in [-0.05, 0) is 40.2 Å². The van der Waals surface area contributed by atoms with E-state index in [-0.39, 0.29) is 5.54 Å². The molecule has 0 rings (SSSR count). The van der Waals surface area contributed by atoms with E-state index in [1.165, 1.54) is 19.3 Å². The molecule has 0 fully saturated rings. The summed E-state index contributed by atoms with van der Waals surface area (Å²) in [5.41, 5.74) is 6.06. The molecule has 0 aromatic rings. The molecule has 1 atom stereocenters. The summed E-state index contributed by atoms with van der Waals surface area (Å²) in [5, 5.41) is 0. The van der Waals surface area contributed by atoms with Gasteiger partial charge in [0.15, 0.2) is 0 Å². The molecular weight excluding hydrogens is 212 g/mol. The highest BCUT2D eigenvalue weighted by atomic mass is 16.5. The molecule has 0 saturated heterocycles. The Kier molecular flexibility index (Phi) is 8.83. The summed E-state index contributed by atoms with van der Waals surface area (Å²) in [7, 11) is 1.76. The van der Waals surface area contributed by atoms with E-state index in [9.17, 15) is 0 Å². The van der Waals surface area contributed by atoms with Gasteiger partial charge in [0.2, 0.25) is 0 Å². The number of ether oxygens (including phenoxy) is 1. The Bertz CT molecular complexity index is 185. The molecule has 17 heavy (non-hydrogen) atoms. The van der Waals surface area contributed by atoms with Crippen molar-refractivity contribution in [3.63, 3.8) is 0 Å². The Labute approximate surface area is 108 Å². The molecule has 0 heterocycles. The van der Waals surface area contributed by atoms with Crippen molar-refractivity contribution in [2.75, 3.05) is 26.8 Å². The maximum atomic E-state index is 5.99. The van der Waals surface area contributed by atoms with Crippen molar-refractivity contribution >= 4 is 0 Å². The smallest absolute Gasteiger partial charge is 0.0480 e. The van der Waals surface area contributed by atoms with Crippen LogP contribution in [0.2, 0.25) is 0 Å². The Hall–Kier alpha value is -0.120. The van der Waals surface area contributed by atoms with Crippen LogP contribution >= 0.6 is 0 Å². The summed E-state index contributed by atoms with van der Waals surface area (Å²) in [6, 6.07) is 0.539. The molecule has 2 N–H and O–H groups in total. The number of rotatable bonds is 10. The third kappa shape index (κ3) is 5.84. The summed E-state index contributed by atoms with van der Waals surface area (Å²) < 4.78 is 5.21. The van der Waals surface area contributed by atoms with Crippen LogP contribution in [0.1, 0.15) is 53.4 Å². The first-order valence-corrected chi connectivity index (χ1v) is 6.97. The van der Waals surface area contributed by atoms with Gasteiger partial charge < -0.3 is 10.5 Å². The van der Waals surface area contributed by atoms with Crippen LogP contribution in [0.15, 0.2) is 0 Å². The highest BCUT2D eigenvalue weighted by Crippen LogP contribution is 2.22. The van der Waals surface area contributed by atoms with Crippen LogP contribution < -0.4 is 5.73 Å². The molecule has 0 aromatic carbocycles. The second-order valence-corrected chi connectivity index (χ2v) is 5.44. The average molecular weight is 244 g/mol. The maximum absolute atomic E-state index is 5.99. The highest BCUT2D eigenvalue weighted by Gasteiger charge is 2.31. The van der Waals surface area contributed by atoms with Crippen molar-refractivity contribution in [1.29, 1.82) is 0 Å². The van der Waals surface area contributed by atoms with Gasteiger partial charge in [-0.2, -0.15) is 0 Å². The van der Waals surface area contributed by atoms with E-state index in [4.69, 9.17) is 10.5 Å². The third-order valence-corrected chi connectivity index (χ3v) is 3.60. The van der Waals surface area contributed by atoms with Crippen LogP contribution in [0.4, 0.5) is 0 Å². The lowest BCUT2D eigenvalue weighted by Gasteiger charge is -2.43. The van der Waals surface area contributed by atoms with Gasteiger partial charge in [-0.25, -0.2) is 0 Å². The zero-order valence-electron chi connectivity index (χ0n) is 12.5. The molecule has 104 valence electrons. The summed E-state index contributed by atoms with van der Waals surface area (Å²) in [4.78, 5) is 2.54. The van der Waals surface area contributed by atoms with E-state index in [2.05, 4.69) is 32.6 Å². The molecule has 0 aliphatic heterocycles. The van der Waals surface area contributed by atoms with E-state index in [1.807, 2.05) is 0 Å². The zero-order chi connectivity index (χ0) is 13.3. The van der Waals surface area contributed by atoms with Crippen molar-refractivity contribution in [3.05, 3.63) is 0 Å². The minimum Gasteiger partial charge on any atom is -0.385 e. The van der Waals surface area contributed by atoms with Crippen LogP contribution in [-0.4, -0.2) is 43.3 Å². The molecule has 0 aliphatic rings. The molecular formula is C14H32N2O. The van der Waals surface area contributed by atoms with Crippen LogP contribution in [0.5, 0.6) is 0 Å². The molecule has 3 heteroatoms. The zero-order valence-corrected chi connectivity index (χ0v) is 12.5. The lowest BCUT2D eigenvalue weighted by Crippen LogP contribution is -2.55. The number of methoxy groups -OCH3 is 1. The standard InChI is InChI=1S/C14H32N2O/c1-6-7-8-10-16(13(2)3)14(4,12-15)9-11-17-5/h13H,6-12,15H2,1-5H3.